The maximum Gasteiger partial charge on any atom is 0.311 e. The van der Waals surface area contributed by atoms with E-state index in [9.17, 15) is 14.7 Å². The molecule has 0 radical (unpaired) electrons. The number of nitrogens with zero attached hydrogens (tertiary/aromatic N) is 1. The molecule has 0 aliphatic carbocycles. The quantitative estimate of drug-likeness (QED) is 0.748. The Kier molecular flexibility index (Phi) is 6.73. The first-order valence-corrected chi connectivity index (χ1v) is 9.54. The number of amides is 1. The minimum absolute atomic E-state index is 0.0425. The molecule has 1 unspecified atom stereocenters. The van der Waals surface area contributed by atoms with Crippen molar-refractivity contribution in [1.29, 1.82) is 0 Å². The predicted octanol–water partition coefficient (Wildman–Crippen LogP) is 3.69. The average Bonchev–Trinajstić information content (AvgIpc) is 3.08. The van der Waals surface area contributed by atoms with E-state index in [2.05, 4.69) is 13.8 Å². The van der Waals surface area contributed by atoms with E-state index in [4.69, 9.17) is 9.47 Å². The third kappa shape index (κ3) is 4.54. The number of carbonyl (C=O) groups is 2. The van der Waals surface area contributed by atoms with Crippen LogP contribution in [0.1, 0.15) is 50.9 Å². The number of methoxy groups -OCH3 is 1. The van der Waals surface area contributed by atoms with Crippen LogP contribution in [-0.4, -0.2) is 48.7 Å². The van der Waals surface area contributed by atoms with Crippen LogP contribution in [-0.2, 0) is 4.79 Å². The number of hydrogen-bond donors (Lipinski definition) is 1. The summed E-state index contributed by atoms with van der Waals surface area (Å²) < 4.78 is 11.2. The molecular formula is C21H31NO5. The van der Waals surface area contributed by atoms with Crippen LogP contribution in [0.3, 0.4) is 0 Å². The van der Waals surface area contributed by atoms with Gasteiger partial charge < -0.3 is 19.5 Å². The number of benzene rings is 1. The van der Waals surface area contributed by atoms with Gasteiger partial charge in [-0.3, -0.25) is 9.59 Å². The number of likely N-dealkylation sites (tertiary alicyclic amines) is 1. The number of carboxylic acid groups (broad SMARTS) is 1. The normalized spacial score (nSPS) is 19.6. The van der Waals surface area contributed by atoms with Gasteiger partial charge in [0.15, 0.2) is 11.5 Å². The van der Waals surface area contributed by atoms with Gasteiger partial charge in [-0.2, -0.15) is 0 Å². The van der Waals surface area contributed by atoms with Crippen molar-refractivity contribution in [3.8, 4) is 11.5 Å². The lowest BCUT2D eigenvalue weighted by atomic mass is 9.76. The second-order valence-electron chi connectivity index (χ2n) is 7.99. The van der Waals surface area contributed by atoms with Crippen molar-refractivity contribution in [3.63, 3.8) is 0 Å². The molecule has 1 aromatic carbocycles. The molecular weight excluding hydrogens is 346 g/mol. The molecule has 2 rings (SSSR count). The van der Waals surface area contributed by atoms with Crippen molar-refractivity contribution in [3.05, 3.63) is 23.8 Å². The van der Waals surface area contributed by atoms with Crippen molar-refractivity contribution in [1.82, 2.24) is 4.90 Å². The molecule has 0 saturated carbocycles. The average molecular weight is 377 g/mol. The molecule has 6 nitrogen and oxygen atoms in total. The summed E-state index contributed by atoms with van der Waals surface area (Å²) in [7, 11) is 1.54. The molecule has 1 amide bonds. The van der Waals surface area contributed by atoms with E-state index in [1.165, 1.54) is 0 Å². The number of aliphatic carboxylic acids is 1. The molecule has 0 bridgehead atoms. The molecule has 1 aromatic rings. The lowest BCUT2D eigenvalue weighted by Gasteiger charge is -2.28. The molecule has 150 valence electrons. The van der Waals surface area contributed by atoms with Gasteiger partial charge in [0.2, 0.25) is 0 Å². The molecule has 6 heteroatoms. The van der Waals surface area contributed by atoms with Gasteiger partial charge in [0, 0.05) is 18.7 Å². The summed E-state index contributed by atoms with van der Waals surface area (Å²) in [6.07, 6.45) is 1.41. The molecule has 1 aliphatic heterocycles. The Morgan fingerprint density at radius 3 is 2.44 bits per heavy atom. The molecule has 1 atom stereocenters. The first kappa shape index (κ1) is 21.1. The van der Waals surface area contributed by atoms with Crippen molar-refractivity contribution in [2.45, 2.75) is 40.5 Å². The van der Waals surface area contributed by atoms with Crippen LogP contribution in [0.25, 0.3) is 0 Å². The van der Waals surface area contributed by atoms with E-state index in [0.29, 0.717) is 42.6 Å². The molecule has 1 fully saturated rings. The van der Waals surface area contributed by atoms with Crippen molar-refractivity contribution < 1.29 is 24.2 Å². The minimum Gasteiger partial charge on any atom is -0.493 e. The lowest BCUT2D eigenvalue weighted by Crippen LogP contribution is -2.40. The van der Waals surface area contributed by atoms with Gasteiger partial charge in [-0.25, -0.2) is 0 Å². The number of ether oxygens (including phenoxy) is 2. The molecule has 1 N–H and O–H groups in total. The summed E-state index contributed by atoms with van der Waals surface area (Å²) in [5, 5.41) is 9.67. The number of carbonyl (C=O) groups excluding carboxylic acids is 1. The number of hydrogen-bond acceptors (Lipinski definition) is 4. The zero-order valence-corrected chi connectivity index (χ0v) is 16.9. The van der Waals surface area contributed by atoms with E-state index in [1.807, 2.05) is 13.8 Å². The lowest BCUT2D eigenvalue weighted by molar-refractivity contribution is -0.150. The standard InChI is InChI=1S/C21H31NO5/c1-14(2)8-11-27-17-7-6-16(12-18(17)26-5)19(23)22-10-9-21(13-22,15(3)4)20(24)25/h6-7,12,14-15H,8-11,13H2,1-5H3,(H,24,25). The molecule has 1 aliphatic rings. The Hall–Kier alpha value is -2.24. The first-order valence-electron chi connectivity index (χ1n) is 9.54. The minimum atomic E-state index is -0.875. The van der Waals surface area contributed by atoms with E-state index in [1.54, 1.807) is 30.2 Å². The Bertz CT molecular complexity index is 685. The van der Waals surface area contributed by atoms with Gasteiger partial charge >= 0.3 is 5.97 Å². The maximum atomic E-state index is 12.9. The zero-order valence-electron chi connectivity index (χ0n) is 16.9. The highest BCUT2D eigenvalue weighted by atomic mass is 16.5. The maximum absolute atomic E-state index is 12.9. The summed E-state index contributed by atoms with van der Waals surface area (Å²) in [5.74, 6) is 0.613. The monoisotopic (exact) mass is 377 g/mol. The third-order valence-electron chi connectivity index (χ3n) is 5.48. The fourth-order valence-electron chi connectivity index (χ4n) is 3.41. The van der Waals surface area contributed by atoms with Gasteiger partial charge in [-0.1, -0.05) is 27.7 Å². The molecule has 1 heterocycles. The summed E-state index contributed by atoms with van der Waals surface area (Å²) in [6.45, 7) is 9.32. The van der Waals surface area contributed by atoms with Crippen molar-refractivity contribution in [2.75, 3.05) is 26.8 Å². The van der Waals surface area contributed by atoms with Crippen molar-refractivity contribution in [2.24, 2.45) is 17.3 Å². The number of carboxylic acids is 1. The summed E-state index contributed by atoms with van der Waals surface area (Å²) in [4.78, 5) is 26.3. The molecule has 27 heavy (non-hydrogen) atoms. The van der Waals surface area contributed by atoms with Gasteiger partial charge in [0.05, 0.1) is 19.1 Å². The predicted molar refractivity (Wildman–Crippen MR) is 103 cm³/mol. The Morgan fingerprint density at radius 2 is 1.93 bits per heavy atom. The van der Waals surface area contributed by atoms with Gasteiger partial charge in [-0.05, 0) is 42.9 Å². The van der Waals surface area contributed by atoms with Crippen molar-refractivity contribution >= 4 is 11.9 Å². The van der Waals surface area contributed by atoms with Gasteiger partial charge in [0.25, 0.3) is 5.91 Å². The zero-order chi connectivity index (χ0) is 20.2. The first-order chi connectivity index (χ1) is 12.7. The topological polar surface area (TPSA) is 76.1 Å². The SMILES string of the molecule is COc1cc(C(=O)N2CCC(C(=O)O)(C(C)C)C2)ccc1OCCC(C)C. The van der Waals surface area contributed by atoms with Crippen LogP contribution < -0.4 is 9.47 Å². The highest BCUT2D eigenvalue weighted by Crippen LogP contribution is 2.39. The van der Waals surface area contributed by atoms with E-state index >= 15 is 0 Å². The summed E-state index contributed by atoms with van der Waals surface area (Å²) >= 11 is 0. The summed E-state index contributed by atoms with van der Waals surface area (Å²) in [6, 6.07) is 5.13. The second-order valence-corrected chi connectivity index (χ2v) is 7.99. The van der Waals surface area contributed by atoms with E-state index in [-0.39, 0.29) is 18.4 Å². The van der Waals surface area contributed by atoms with Crippen LogP contribution in [0.15, 0.2) is 18.2 Å². The fourth-order valence-corrected chi connectivity index (χ4v) is 3.41. The van der Waals surface area contributed by atoms with Crippen LogP contribution >= 0.6 is 0 Å². The Labute approximate surface area is 161 Å². The van der Waals surface area contributed by atoms with Gasteiger partial charge in [-0.15, -0.1) is 0 Å². The molecule has 0 spiro atoms. The highest BCUT2D eigenvalue weighted by Gasteiger charge is 2.48. The summed E-state index contributed by atoms with van der Waals surface area (Å²) in [5.41, 5.74) is -0.396. The van der Waals surface area contributed by atoms with Crippen LogP contribution in [0.4, 0.5) is 0 Å². The Balaban J connectivity index is 2.14. The van der Waals surface area contributed by atoms with E-state index < -0.39 is 11.4 Å². The number of rotatable bonds is 8. The Morgan fingerprint density at radius 1 is 1.22 bits per heavy atom. The molecule has 0 aromatic heterocycles. The highest BCUT2D eigenvalue weighted by molar-refractivity contribution is 5.95. The van der Waals surface area contributed by atoms with Gasteiger partial charge in [0.1, 0.15) is 0 Å². The molecule has 1 saturated heterocycles. The smallest absolute Gasteiger partial charge is 0.311 e. The van der Waals surface area contributed by atoms with E-state index in [0.717, 1.165) is 6.42 Å². The third-order valence-corrected chi connectivity index (χ3v) is 5.48. The largest absolute Gasteiger partial charge is 0.493 e. The second kappa shape index (κ2) is 8.63. The van der Waals surface area contributed by atoms with Crippen LogP contribution in [0.2, 0.25) is 0 Å². The fraction of sp³-hybridized carbons (Fsp3) is 0.619. The van der Waals surface area contributed by atoms with Crippen LogP contribution in [0.5, 0.6) is 11.5 Å². The van der Waals surface area contributed by atoms with Crippen LogP contribution in [0, 0.1) is 17.3 Å².